The molecule has 3 aromatic carbocycles. The summed E-state index contributed by atoms with van der Waals surface area (Å²) in [6.07, 6.45) is 4.41. The van der Waals surface area contributed by atoms with Gasteiger partial charge in [-0.05, 0) is 22.8 Å². The Labute approximate surface area is 359 Å². The molecule has 5 atom stereocenters. The smallest absolute Gasteiger partial charge is 0.359 e. The van der Waals surface area contributed by atoms with Crippen molar-refractivity contribution < 1.29 is 72.2 Å². The van der Waals surface area contributed by atoms with Gasteiger partial charge in [-0.2, -0.15) is 0 Å². The first-order chi connectivity index (χ1) is 30.6. The summed E-state index contributed by atoms with van der Waals surface area (Å²) >= 11 is 0. The number of carbonyl (C=O) groups is 7. The molecule has 3 amide bonds. The number of aldehydes is 1. The molecule has 1 unspecified atom stereocenters. The van der Waals surface area contributed by atoms with E-state index in [1.807, 2.05) is 91.0 Å². The summed E-state index contributed by atoms with van der Waals surface area (Å²) < 4.78 is 31.9. The van der Waals surface area contributed by atoms with Gasteiger partial charge in [0.2, 0.25) is 17.7 Å². The SMILES string of the molecule is O=C(OCc1ccccc1)C1=C(C=CO)O[C@@H]2CC(=O)N12.O=C(OCc1ccccc1)[C@H]1/C(=C/CO)O[C@@H]2CC(=O)N21.O=CC=C1O[C@@H]2CC(=O)N2C1C(=O)OCc1ccccc1. The Bertz CT molecular complexity index is 2350. The zero-order valence-electron chi connectivity index (χ0n) is 33.4. The van der Waals surface area contributed by atoms with Crippen LogP contribution in [0.4, 0.5) is 0 Å². The Kier molecular flexibility index (Phi) is 13.6. The maximum absolute atomic E-state index is 12.2. The van der Waals surface area contributed by atoms with E-state index in [0.29, 0.717) is 6.29 Å². The van der Waals surface area contributed by atoms with Gasteiger partial charge >= 0.3 is 17.9 Å². The predicted octanol–water partition coefficient (Wildman–Crippen LogP) is 2.93. The van der Waals surface area contributed by atoms with Crippen LogP contribution in [0.2, 0.25) is 0 Å². The molecule has 0 bridgehead atoms. The number of aliphatic hydroxyl groups excluding tert-OH is 2. The number of carbonyl (C=O) groups excluding carboxylic acids is 7. The van der Waals surface area contributed by atoms with Gasteiger partial charge in [-0.15, -0.1) is 0 Å². The standard InChI is InChI=1S/C15H15NO5.2C15H13NO5/c3*17-7-6-11-14(16-12(18)8-13(16)21-11)15(19)20-9-10-4-2-1-3-5-10/h1-6,13-14,17H,7-9H2;1-7,13,17H,8-9H2;1-7,13-14H,8-9H2/b11-6-;;/t13-,14-;13-;13-,14?/m111/s1. The molecule has 18 nitrogen and oxygen atoms in total. The number of nitrogens with zero attached hydrogens (tertiary/aromatic N) is 3. The summed E-state index contributed by atoms with van der Waals surface area (Å²) in [5, 5.41) is 17.8. The van der Waals surface area contributed by atoms with Gasteiger partial charge in [0.05, 0.1) is 32.1 Å². The molecule has 0 saturated carbocycles. The quantitative estimate of drug-likeness (QED) is 0.0667. The zero-order chi connectivity index (χ0) is 44.5. The summed E-state index contributed by atoms with van der Waals surface area (Å²) in [6, 6.07) is 25.9. The minimum atomic E-state index is -0.954. The van der Waals surface area contributed by atoms with Crippen LogP contribution in [0.3, 0.4) is 0 Å². The van der Waals surface area contributed by atoms with Crippen molar-refractivity contribution in [2.75, 3.05) is 6.61 Å². The first-order valence-electron chi connectivity index (χ1n) is 19.7. The van der Waals surface area contributed by atoms with E-state index in [1.165, 1.54) is 26.9 Å². The first kappa shape index (κ1) is 43.4. The van der Waals surface area contributed by atoms with Crippen molar-refractivity contribution in [1.82, 2.24) is 14.7 Å². The van der Waals surface area contributed by atoms with Crippen molar-refractivity contribution in [3.8, 4) is 0 Å². The highest BCUT2D eigenvalue weighted by molar-refractivity contribution is 5.98. The molecule has 326 valence electrons. The molecule has 0 radical (unpaired) electrons. The lowest BCUT2D eigenvalue weighted by Gasteiger charge is -2.33. The number of rotatable bonds is 12. The molecule has 63 heavy (non-hydrogen) atoms. The van der Waals surface area contributed by atoms with Gasteiger partial charge in [0.25, 0.3) is 0 Å². The van der Waals surface area contributed by atoms with E-state index in [4.69, 9.17) is 38.6 Å². The molecule has 6 heterocycles. The second-order valence-electron chi connectivity index (χ2n) is 14.3. The first-order valence-corrected chi connectivity index (χ1v) is 19.7. The highest BCUT2D eigenvalue weighted by Gasteiger charge is 2.55. The fourth-order valence-corrected chi connectivity index (χ4v) is 7.11. The second-order valence-corrected chi connectivity index (χ2v) is 14.3. The Balaban J connectivity index is 0.000000142. The summed E-state index contributed by atoms with van der Waals surface area (Å²) in [5.41, 5.74) is 2.59. The predicted molar refractivity (Wildman–Crippen MR) is 213 cm³/mol. The largest absolute Gasteiger partial charge is 0.515 e. The van der Waals surface area contributed by atoms with Crippen LogP contribution in [0, 0.1) is 0 Å². The van der Waals surface area contributed by atoms with E-state index in [2.05, 4.69) is 0 Å². The summed E-state index contributed by atoms with van der Waals surface area (Å²) in [5.74, 6) is -1.73. The minimum absolute atomic E-state index is 0.0393. The number of aliphatic hydroxyl groups is 2. The van der Waals surface area contributed by atoms with Gasteiger partial charge in [-0.25, -0.2) is 14.4 Å². The number of ether oxygens (including phenoxy) is 6. The molecule has 6 aliphatic heterocycles. The van der Waals surface area contributed by atoms with Crippen LogP contribution in [0.1, 0.15) is 36.0 Å². The monoisotopic (exact) mass is 863 g/mol. The molecule has 0 aliphatic carbocycles. The van der Waals surface area contributed by atoms with E-state index in [0.717, 1.165) is 29.0 Å². The van der Waals surface area contributed by atoms with Crippen LogP contribution < -0.4 is 0 Å². The Morgan fingerprint density at radius 1 is 0.635 bits per heavy atom. The lowest BCUT2D eigenvalue weighted by atomic mass is 10.1. The number of esters is 3. The Morgan fingerprint density at radius 2 is 1.10 bits per heavy atom. The van der Waals surface area contributed by atoms with Gasteiger partial charge in [-0.3, -0.25) is 33.9 Å². The summed E-state index contributed by atoms with van der Waals surface area (Å²) in [6.45, 7) is 0.0883. The number of allylic oxidation sites excluding steroid dienone is 2. The van der Waals surface area contributed by atoms with Gasteiger partial charge < -0.3 is 38.6 Å². The molecule has 6 aliphatic rings. The summed E-state index contributed by atoms with van der Waals surface area (Å²) in [7, 11) is 0. The lowest BCUT2D eigenvalue weighted by Crippen LogP contribution is -2.55. The molecule has 0 spiro atoms. The topological polar surface area (TPSA) is 225 Å². The number of amides is 3. The zero-order valence-corrected chi connectivity index (χ0v) is 33.4. The number of hydrogen-bond acceptors (Lipinski definition) is 15. The molecule has 9 rings (SSSR count). The minimum Gasteiger partial charge on any atom is -0.515 e. The van der Waals surface area contributed by atoms with E-state index in [9.17, 15) is 33.6 Å². The molecule has 2 N–H and O–H groups in total. The van der Waals surface area contributed by atoms with Gasteiger partial charge in [0.1, 0.15) is 37.6 Å². The Hall–Kier alpha value is -7.73. The van der Waals surface area contributed by atoms with Crippen LogP contribution in [0.25, 0.3) is 0 Å². The average Bonchev–Trinajstić information content (AvgIpc) is 3.88. The molecule has 18 heteroatoms. The maximum Gasteiger partial charge on any atom is 0.359 e. The van der Waals surface area contributed by atoms with E-state index in [1.54, 1.807) is 0 Å². The molecule has 0 aromatic heterocycles. The average molecular weight is 864 g/mol. The van der Waals surface area contributed by atoms with Crippen molar-refractivity contribution in [2.45, 2.75) is 69.9 Å². The van der Waals surface area contributed by atoms with Crippen LogP contribution in [0.15, 0.2) is 138 Å². The van der Waals surface area contributed by atoms with Crippen molar-refractivity contribution in [3.05, 3.63) is 155 Å². The lowest BCUT2D eigenvalue weighted by molar-refractivity contribution is -0.166. The number of hydrogen-bond donors (Lipinski definition) is 2. The van der Waals surface area contributed by atoms with Gasteiger partial charge in [0.15, 0.2) is 42.2 Å². The second kappa shape index (κ2) is 19.8. The maximum atomic E-state index is 12.2. The van der Waals surface area contributed by atoms with Crippen LogP contribution in [-0.2, 0) is 81.8 Å². The number of fused-ring (bicyclic) bond motifs is 3. The third kappa shape index (κ3) is 9.60. The van der Waals surface area contributed by atoms with Crippen molar-refractivity contribution in [2.24, 2.45) is 0 Å². The molecular weight excluding hydrogens is 823 g/mol. The van der Waals surface area contributed by atoms with Gasteiger partial charge in [-0.1, -0.05) is 91.0 Å². The third-order valence-electron chi connectivity index (χ3n) is 10.2. The van der Waals surface area contributed by atoms with Gasteiger partial charge in [0, 0.05) is 12.2 Å². The molecule has 5 saturated heterocycles. The Morgan fingerprint density at radius 3 is 1.54 bits per heavy atom. The normalized spacial score (nSPS) is 23.5. The number of benzene rings is 3. The molecule has 3 aromatic rings. The fraction of sp³-hybridized carbons (Fsp3) is 0.267. The summed E-state index contributed by atoms with van der Waals surface area (Å²) in [4.78, 5) is 85.8. The highest BCUT2D eigenvalue weighted by Crippen LogP contribution is 2.39. The molecule has 5 fully saturated rings. The van der Waals surface area contributed by atoms with Crippen molar-refractivity contribution in [3.63, 3.8) is 0 Å². The van der Waals surface area contributed by atoms with Crippen LogP contribution in [0.5, 0.6) is 0 Å². The van der Waals surface area contributed by atoms with Crippen LogP contribution in [-0.4, -0.2) is 104 Å². The van der Waals surface area contributed by atoms with E-state index < -0.39 is 48.7 Å². The third-order valence-corrected chi connectivity index (χ3v) is 10.2. The fourth-order valence-electron chi connectivity index (χ4n) is 7.11. The number of β-lactam (4-membered cyclic amide) rings is 3. The van der Waals surface area contributed by atoms with E-state index >= 15 is 0 Å². The van der Waals surface area contributed by atoms with Crippen LogP contribution >= 0.6 is 0 Å². The molecular formula is C45H41N3O15. The highest BCUT2D eigenvalue weighted by atomic mass is 16.6. The van der Waals surface area contributed by atoms with Crippen molar-refractivity contribution >= 4 is 41.9 Å². The van der Waals surface area contributed by atoms with Crippen molar-refractivity contribution in [1.29, 1.82) is 0 Å². The van der Waals surface area contributed by atoms with E-state index in [-0.39, 0.29) is 86.4 Å².